The first-order valence-corrected chi connectivity index (χ1v) is 11.0. The van der Waals surface area contributed by atoms with Crippen LogP contribution in [0.2, 0.25) is 0 Å². The van der Waals surface area contributed by atoms with Gasteiger partial charge in [-0.05, 0) is 88.0 Å². The fourth-order valence-electron chi connectivity index (χ4n) is 4.25. The number of carbonyl (C=O) groups excluding carboxylic acids is 1. The molecular formula is C24H36O3. The molecule has 0 N–H and O–H groups in total. The summed E-state index contributed by atoms with van der Waals surface area (Å²) < 4.78 is 11.1. The lowest BCUT2D eigenvalue weighted by Gasteiger charge is -2.28. The Bertz CT molecular complexity index is 548. The zero-order chi connectivity index (χ0) is 18.9. The molecule has 3 rings (SSSR count). The van der Waals surface area contributed by atoms with E-state index in [2.05, 4.69) is 30.4 Å². The van der Waals surface area contributed by atoms with Crippen LogP contribution in [0.4, 0.5) is 0 Å². The Morgan fingerprint density at radius 3 is 2.63 bits per heavy atom. The summed E-state index contributed by atoms with van der Waals surface area (Å²) in [6.07, 6.45) is 23.3. The second-order valence-corrected chi connectivity index (χ2v) is 8.38. The average molecular weight is 373 g/mol. The summed E-state index contributed by atoms with van der Waals surface area (Å²) in [7, 11) is 0. The summed E-state index contributed by atoms with van der Waals surface area (Å²) in [6, 6.07) is 0. The fraction of sp³-hybridized carbons (Fsp3) is 0.708. The van der Waals surface area contributed by atoms with Crippen molar-refractivity contribution in [2.75, 3.05) is 13.2 Å². The van der Waals surface area contributed by atoms with Gasteiger partial charge < -0.3 is 9.47 Å². The quantitative estimate of drug-likeness (QED) is 0.361. The van der Waals surface area contributed by atoms with E-state index in [1.54, 1.807) is 0 Å². The molecule has 0 heterocycles. The fourth-order valence-corrected chi connectivity index (χ4v) is 4.25. The molecule has 0 aromatic rings. The first-order valence-electron chi connectivity index (χ1n) is 11.0. The molecule has 1 unspecified atom stereocenters. The van der Waals surface area contributed by atoms with Gasteiger partial charge in [0.05, 0.1) is 19.3 Å². The molecule has 3 aliphatic rings. The minimum absolute atomic E-state index is 0.0919. The van der Waals surface area contributed by atoms with Crippen molar-refractivity contribution < 1.29 is 14.3 Å². The molecule has 0 bridgehead atoms. The van der Waals surface area contributed by atoms with Crippen LogP contribution >= 0.6 is 0 Å². The molecule has 27 heavy (non-hydrogen) atoms. The van der Waals surface area contributed by atoms with Crippen LogP contribution in [-0.2, 0) is 14.3 Å². The zero-order valence-corrected chi connectivity index (χ0v) is 16.9. The third-order valence-corrected chi connectivity index (χ3v) is 6.17. The molecule has 2 fully saturated rings. The Kier molecular flexibility index (Phi) is 8.19. The van der Waals surface area contributed by atoms with Crippen molar-refractivity contribution in [1.29, 1.82) is 0 Å². The Morgan fingerprint density at radius 1 is 1.15 bits per heavy atom. The van der Waals surface area contributed by atoms with Crippen molar-refractivity contribution in [2.24, 2.45) is 17.8 Å². The van der Waals surface area contributed by atoms with Gasteiger partial charge in [0, 0.05) is 6.42 Å². The molecule has 0 spiro atoms. The molecular weight excluding hydrogens is 336 g/mol. The predicted molar refractivity (Wildman–Crippen MR) is 109 cm³/mol. The molecule has 0 amide bonds. The van der Waals surface area contributed by atoms with E-state index in [9.17, 15) is 4.79 Å². The smallest absolute Gasteiger partial charge is 0.306 e. The summed E-state index contributed by atoms with van der Waals surface area (Å²) in [6.45, 7) is 3.11. The van der Waals surface area contributed by atoms with Gasteiger partial charge in [0.1, 0.15) is 0 Å². The van der Waals surface area contributed by atoms with E-state index in [1.807, 2.05) is 6.92 Å². The highest BCUT2D eigenvalue weighted by molar-refractivity contribution is 5.69. The molecule has 0 radical (unpaired) electrons. The number of esters is 1. The lowest BCUT2D eigenvalue weighted by atomic mass is 9.85. The van der Waals surface area contributed by atoms with E-state index in [-0.39, 0.29) is 5.97 Å². The summed E-state index contributed by atoms with van der Waals surface area (Å²) in [5.41, 5.74) is 1.37. The van der Waals surface area contributed by atoms with Crippen LogP contribution in [0, 0.1) is 17.8 Å². The van der Waals surface area contributed by atoms with E-state index in [1.165, 1.54) is 50.5 Å². The topological polar surface area (TPSA) is 35.5 Å². The third kappa shape index (κ3) is 7.29. The van der Waals surface area contributed by atoms with Gasteiger partial charge in [-0.25, -0.2) is 0 Å². The van der Waals surface area contributed by atoms with Crippen molar-refractivity contribution >= 4 is 5.97 Å². The van der Waals surface area contributed by atoms with Gasteiger partial charge in [-0.2, -0.15) is 0 Å². The molecule has 3 aliphatic carbocycles. The highest BCUT2D eigenvalue weighted by Gasteiger charge is 2.29. The summed E-state index contributed by atoms with van der Waals surface area (Å²) in [4.78, 5) is 11.3. The van der Waals surface area contributed by atoms with Crippen molar-refractivity contribution in [1.82, 2.24) is 0 Å². The molecule has 3 nitrogen and oxygen atoms in total. The van der Waals surface area contributed by atoms with Crippen LogP contribution < -0.4 is 0 Å². The number of allylic oxidation sites excluding steroid dienone is 4. The van der Waals surface area contributed by atoms with E-state index >= 15 is 0 Å². The SMILES string of the molecule is CCOC(=O)CC/C=C/CC1CCC(OCC2=CCC(C3CC3)C=C2)CC1. The summed E-state index contributed by atoms with van der Waals surface area (Å²) in [5, 5.41) is 0. The molecule has 0 saturated heterocycles. The Morgan fingerprint density at radius 2 is 1.96 bits per heavy atom. The first-order chi connectivity index (χ1) is 13.2. The highest BCUT2D eigenvalue weighted by Crippen LogP contribution is 2.41. The highest BCUT2D eigenvalue weighted by atomic mass is 16.5. The van der Waals surface area contributed by atoms with E-state index in [0.29, 0.717) is 19.1 Å². The van der Waals surface area contributed by atoms with Crippen LogP contribution in [0.25, 0.3) is 0 Å². The minimum atomic E-state index is -0.0919. The van der Waals surface area contributed by atoms with Gasteiger partial charge >= 0.3 is 5.97 Å². The average Bonchev–Trinajstić information content (AvgIpc) is 3.53. The van der Waals surface area contributed by atoms with E-state index in [4.69, 9.17) is 9.47 Å². The van der Waals surface area contributed by atoms with Gasteiger partial charge in [0.25, 0.3) is 0 Å². The third-order valence-electron chi connectivity index (χ3n) is 6.17. The molecule has 0 aromatic carbocycles. The van der Waals surface area contributed by atoms with Gasteiger partial charge in [0.15, 0.2) is 0 Å². The largest absolute Gasteiger partial charge is 0.466 e. The monoisotopic (exact) mass is 372 g/mol. The maximum atomic E-state index is 11.3. The summed E-state index contributed by atoms with van der Waals surface area (Å²) >= 11 is 0. The molecule has 2 saturated carbocycles. The molecule has 0 aromatic heterocycles. The van der Waals surface area contributed by atoms with Crippen molar-refractivity contribution in [2.45, 2.75) is 77.2 Å². The van der Waals surface area contributed by atoms with Crippen molar-refractivity contribution in [3.8, 4) is 0 Å². The van der Waals surface area contributed by atoms with E-state index < -0.39 is 0 Å². The standard InChI is InChI=1S/C24H36O3/c1-2-26-24(25)7-5-3-4-6-19-10-16-23(17-11-19)27-18-20-8-12-21(13-9-20)22-14-15-22/h3-4,8-9,12,19,21-23H,2,5-7,10-11,13-18H2,1H3/b4-3+. The molecule has 3 heteroatoms. The van der Waals surface area contributed by atoms with Gasteiger partial charge in [0.2, 0.25) is 0 Å². The Balaban J connectivity index is 1.24. The van der Waals surface area contributed by atoms with Crippen molar-refractivity contribution in [3.63, 3.8) is 0 Å². The Hall–Kier alpha value is -1.35. The summed E-state index contributed by atoms with van der Waals surface area (Å²) in [5.74, 6) is 2.45. The van der Waals surface area contributed by atoms with Gasteiger partial charge in [-0.15, -0.1) is 0 Å². The van der Waals surface area contributed by atoms with Crippen LogP contribution in [0.5, 0.6) is 0 Å². The van der Waals surface area contributed by atoms with Crippen LogP contribution in [0.15, 0.2) is 36.0 Å². The molecule has 0 aliphatic heterocycles. The maximum absolute atomic E-state index is 11.3. The molecule has 150 valence electrons. The lowest BCUT2D eigenvalue weighted by Crippen LogP contribution is -2.22. The molecule has 1 atom stereocenters. The van der Waals surface area contributed by atoms with Gasteiger partial charge in [-0.3, -0.25) is 4.79 Å². The minimum Gasteiger partial charge on any atom is -0.466 e. The number of hydrogen-bond acceptors (Lipinski definition) is 3. The first kappa shape index (κ1) is 20.4. The van der Waals surface area contributed by atoms with Crippen LogP contribution in [0.3, 0.4) is 0 Å². The van der Waals surface area contributed by atoms with E-state index in [0.717, 1.165) is 37.2 Å². The zero-order valence-electron chi connectivity index (χ0n) is 16.9. The number of carbonyl (C=O) groups is 1. The lowest BCUT2D eigenvalue weighted by molar-refractivity contribution is -0.143. The normalized spacial score (nSPS) is 28.3. The number of hydrogen-bond donors (Lipinski definition) is 0. The Labute approximate surface area is 164 Å². The number of ether oxygens (including phenoxy) is 2. The predicted octanol–water partition coefficient (Wildman–Crippen LogP) is 5.76. The van der Waals surface area contributed by atoms with Crippen LogP contribution in [0.1, 0.15) is 71.1 Å². The van der Waals surface area contributed by atoms with Crippen LogP contribution in [-0.4, -0.2) is 25.3 Å². The second kappa shape index (κ2) is 10.8. The number of rotatable bonds is 10. The van der Waals surface area contributed by atoms with Crippen molar-refractivity contribution in [3.05, 3.63) is 36.0 Å². The maximum Gasteiger partial charge on any atom is 0.306 e. The van der Waals surface area contributed by atoms with Gasteiger partial charge in [-0.1, -0.05) is 30.4 Å². The second-order valence-electron chi connectivity index (χ2n) is 8.38.